The number of benzene rings is 1. The average Bonchev–Trinajstić information content (AvgIpc) is 2.49. The maximum absolute atomic E-state index is 11.5. The molecule has 0 aliphatic carbocycles. The normalized spacial score (nSPS) is 11.0. The molecule has 0 fully saturated rings. The molecule has 0 saturated heterocycles. The molecule has 0 aliphatic heterocycles. The van der Waals surface area contributed by atoms with Crippen molar-refractivity contribution in [3.05, 3.63) is 42.0 Å². The highest BCUT2D eigenvalue weighted by Gasteiger charge is 2.08. The molecule has 114 valence electrons. The number of allylic oxidation sites excluding steroid dienone is 1. The number of ether oxygens (including phenoxy) is 2. The van der Waals surface area contributed by atoms with Crippen LogP contribution in [0.4, 0.5) is 0 Å². The molecule has 0 N–H and O–H groups in total. The second-order valence-corrected chi connectivity index (χ2v) is 4.41. The maximum atomic E-state index is 11.5. The molecule has 1 aromatic rings. The number of hydrogen-bond donors (Lipinski definition) is 0. The first-order valence-electron chi connectivity index (χ1n) is 7.23. The zero-order chi connectivity index (χ0) is 15.5. The second-order valence-electron chi connectivity index (χ2n) is 4.41. The van der Waals surface area contributed by atoms with E-state index in [1.165, 1.54) is 0 Å². The van der Waals surface area contributed by atoms with Crippen molar-refractivity contribution in [3.63, 3.8) is 0 Å². The minimum atomic E-state index is -0.262. The molecule has 21 heavy (non-hydrogen) atoms. The number of rotatable bonds is 8. The van der Waals surface area contributed by atoms with Gasteiger partial charge in [0.25, 0.3) is 0 Å². The van der Waals surface area contributed by atoms with E-state index in [9.17, 15) is 9.59 Å². The minimum Gasteiger partial charge on any atom is -0.466 e. The van der Waals surface area contributed by atoms with Crippen molar-refractivity contribution in [2.45, 2.75) is 33.1 Å². The third-order valence-electron chi connectivity index (χ3n) is 2.87. The van der Waals surface area contributed by atoms with Gasteiger partial charge in [0.2, 0.25) is 0 Å². The Kier molecular flexibility index (Phi) is 7.87. The summed E-state index contributed by atoms with van der Waals surface area (Å²) < 4.78 is 9.85. The fourth-order valence-corrected chi connectivity index (χ4v) is 1.91. The zero-order valence-electron chi connectivity index (χ0n) is 12.6. The topological polar surface area (TPSA) is 52.6 Å². The lowest BCUT2D eigenvalue weighted by atomic mass is 10.00. The molecule has 0 atom stereocenters. The Morgan fingerprint density at radius 1 is 0.952 bits per heavy atom. The van der Waals surface area contributed by atoms with E-state index in [-0.39, 0.29) is 18.4 Å². The maximum Gasteiger partial charge on any atom is 0.309 e. The van der Waals surface area contributed by atoms with Gasteiger partial charge >= 0.3 is 11.9 Å². The highest BCUT2D eigenvalue weighted by Crippen LogP contribution is 2.21. The van der Waals surface area contributed by atoms with Gasteiger partial charge in [-0.1, -0.05) is 36.4 Å². The van der Waals surface area contributed by atoms with E-state index in [4.69, 9.17) is 9.47 Å². The molecule has 0 aromatic heterocycles. The molecule has 0 amide bonds. The summed E-state index contributed by atoms with van der Waals surface area (Å²) >= 11 is 0. The Morgan fingerprint density at radius 3 is 2.19 bits per heavy atom. The van der Waals surface area contributed by atoms with Gasteiger partial charge in [0.15, 0.2) is 0 Å². The van der Waals surface area contributed by atoms with Crippen molar-refractivity contribution in [1.29, 1.82) is 0 Å². The van der Waals surface area contributed by atoms with Gasteiger partial charge in [-0.05, 0) is 31.4 Å². The van der Waals surface area contributed by atoms with E-state index in [0.29, 0.717) is 26.1 Å². The van der Waals surface area contributed by atoms with Crippen molar-refractivity contribution in [2.24, 2.45) is 0 Å². The lowest BCUT2D eigenvalue weighted by Crippen LogP contribution is -2.05. The largest absolute Gasteiger partial charge is 0.466 e. The molecule has 1 rings (SSSR count). The van der Waals surface area contributed by atoms with Crippen LogP contribution >= 0.6 is 0 Å². The summed E-state index contributed by atoms with van der Waals surface area (Å²) in [6, 6.07) is 9.71. The second kappa shape index (κ2) is 9.75. The lowest BCUT2D eigenvalue weighted by Gasteiger charge is -2.08. The first kappa shape index (κ1) is 17.0. The highest BCUT2D eigenvalue weighted by molar-refractivity contribution is 5.78. The predicted octanol–water partition coefficient (Wildman–Crippen LogP) is 3.37. The SMILES string of the molecule is CCOC(=O)C/C=C(/CCC(=O)OCC)c1ccccc1. The van der Waals surface area contributed by atoms with Gasteiger partial charge in [0.05, 0.1) is 19.6 Å². The molecular formula is C17H22O4. The van der Waals surface area contributed by atoms with Crippen molar-refractivity contribution >= 4 is 17.5 Å². The smallest absolute Gasteiger partial charge is 0.309 e. The fraction of sp³-hybridized carbons (Fsp3) is 0.412. The summed E-state index contributed by atoms with van der Waals surface area (Å²) in [5.41, 5.74) is 1.96. The molecule has 4 nitrogen and oxygen atoms in total. The number of carbonyl (C=O) groups excluding carboxylic acids is 2. The van der Waals surface area contributed by atoms with E-state index in [0.717, 1.165) is 11.1 Å². The quantitative estimate of drug-likeness (QED) is 0.689. The van der Waals surface area contributed by atoms with Gasteiger partial charge in [-0.15, -0.1) is 0 Å². The monoisotopic (exact) mass is 290 g/mol. The van der Waals surface area contributed by atoms with Crippen LogP contribution in [0.1, 0.15) is 38.7 Å². The third-order valence-corrected chi connectivity index (χ3v) is 2.87. The zero-order valence-corrected chi connectivity index (χ0v) is 12.6. The number of esters is 2. The standard InChI is InChI=1S/C17H22O4/c1-3-20-16(18)12-10-15(11-13-17(19)21-4-2)14-8-6-5-7-9-14/h5-10H,3-4,11-13H2,1-2H3/b15-10-. The van der Waals surface area contributed by atoms with Crippen LogP contribution in [0.3, 0.4) is 0 Å². The third kappa shape index (κ3) is 6.75. The highest BCUT2D eigenvalue weighted by atomic mass is 16.5. The van der Waals surface area contributed by atoms with E-state index in [1.54, 1.807) is 13.8 Å². The van der Waals surface area contributed by atoms with Gasteiger partial charge in [0, 0.05) is 6.42 Å². The van der Waals surface area contributed by atoms with Crippen LogP contribution in [0.15, 0.2) is 36.4 Å². The Hall–Kier alpha value is -2.10. The summed E-state index contributed by atoms with van der Waals surface area (Å²) in [7, 11) is 0. The Morgan fingerprint density at radius 2 is 1.57 bits per heavy atom. The van der Waals surface area contributed by atoms with E-state index in [1.807, 2.05) is 36.4 Å². The molecule has 0 bridgehead atoms. The van der Waals surface area contributed by atoms with Gasteiger partial charge in [-0.25, -0.2) is 0 Å². The molecule has 0 aliphatic rings. The molecule has 1 aromatic carbocycles. The lowest BCUT2D eigenvalue weighted by molar-refractivity contribution is -0.143. The van der Waals surface area contributed by atoms with Crippen LogP contribution in [-0.4, -0.2) is 25.2 Å². The van der Waals surface area contributed by atoms with Gasteiger partial charge < -0.3 is 9.47 Å². The summed E-state index contributed by atoms with van der Waals surface area (Å²) in [6.45, 7) is 4.31. The first-order valence-corrected chi connectivity index (χ1v) is 7.23. The van der Waals surface area contributed by atoms with Crippen LogP contribution in [0.5, 0.6) is 0 Å². The van der Waals surface area contributed by atoms with Gasteiger partial charge in [0.1, 0.15) is 0 Å². The van der Waals surface area contributed by atoms with E-state index in [2.05, 4.69) is 0 Å². The molecule has 4 heteroatoms. The summed E-state index contributed by atoms with van der Waals surface area (Å²) in [6.07, 6.45) is 2.88. The van der Waals surface area contributed by atoms with Crippen LogP contribution in [-0.2, 0) is 19.1 Å². The summed E-state index contributed by atoms with van der Waals surface area (Å²) in [4.78, 5) is 22.9. The Balaban J connectivity index is 2.73. The first-order chi connectivity index (χ1) is 10.2. The van der Waals surface area contributed by atoms with E-state index >= 15 is 0 Å². The van der Waals surface area contributed by atoms with Crippen LogP contribution in [0.25, 0.3) is 5.57 Å². The molecule has 0 radical (unpaired) electrons. The van der Waals surface area contributed by atoms with Crippen molar-refractivity contribution in [3.8, 4) is 0 Å². The van der Waals surface area contributed by atoms with Crippen LogP contribution < -0.4 is 0 Å². The van der Waals surface area contributed by atoms with Crippen molar-refractivity contribution in [2.75, 3.05) is 13.2 Å². The molecule has 0 spiro atoms. The molecule has 0 heterocycles. The average molecular weight is 290 g/mol. The Labute approximate surface area is 125 Å². The molecule has 0 unspecified atom stereocenters. The predicted molar refractivity (Wildman–Crippen MR) is 81.5 cm³/mol. The summed E-state index contributed by atoms with van der Waals surface area (Å²) in [5, 5.41) is 0. The molecule has 0 saturated carbocycles. The molecular weight excluding hydrogens is 268 g/mol. The van der Waals surface area contributed by atoms with E-state index < -0.39 is 0 Å². The van der Waals surface area contributed by atoms with Gasteiger partial charge in [-0.2, -0.15) is 0 Å². The Bertz CT molecular complexity index is 477. The summed E-state index contributed by atoms with van der Waals surface area (Å²) in [5.74, 6) is -0.488. The number of carbonyl (C=O) groups is 2. The number of hydrogen-bond acceptors (Lipinski definition) is 4. The van der Waals surface area contributed by atoms with Crippen LogP contribution in [0.2, 0.25) is 0 Å². The van der Waals surface area contributed by atoms with Crippen molar-refractivity contribution in [1.82, 2.24) is 0 Å². The fourth-order valence-electron chi connectivity index (χ4n) is 1.91. The minimum absolute atomic E-state index is 0.209. The van der Waals surface area contributed by atoms with Crippen molar-refractivity contribution < 1.29 is 19.1 Å². The van der Waals surface area contributed by atoms with Gasteiger partial charge in [-0.3, -0.25) is 9.59 Å². The van der Waals surface area contributed by atoms with Crippen LogP contribution in [0, 0.1) is 0 Å².